The zero-order chi connectivity index (χ0) is 17.6. The lowest BCUT2D eigenvalue weighted by Gasteiger charge is -2.05. The van der Waals surface area contributed by atoms with Crippen LogP contribution in [0, 0.1) is 0 Å². The first kappa shape index (κ1) is 16.5. The third-order valence-corrected chi connectivity index (χ3v) is 3.49. The monoisotopic (exact) mass is 336 g/mol. The van der Waals surface area contributed by atoms with Crippen LogP contribution in [0.2, 0.25) is 0 Å². The van der Waals surface area contributed by atoms with Crippen molar-refractivity contribution in [1.82, 2.24) is 15.2 Å². The number of carbonyl (C=O) groups excluding carboxylic acids is 2. The summed E-state index contributed by atoms with van der Waals surface area (Å²) in [6.07, 6.45) is 3.81. The number of aromatic nitrogens is 3. The predicted octanol–water partition coefficient (Wildman–Crippen LogP) is 2.91. The number of nitrogens with zero attached hydrogens (tertiary/aromatic N) is 3. The van der Waals surface area contributed by atoms with E-state index in [1.807, 2.05) is 6.07 Å². The Kier molecular flexibility index (Phi) is 4.94. The van der Waals surface area contributed by atoms with E-state index >= 15 is 0 Å². The largest absolute Gasteiger partial charge is 0.421 e. The molecule has 0 saturated carbocycles. The first-order valence-corrected chi connectivity index (χ1v) is 7.75. The molecule has 7 nitrogen and oxygen atoms in total. The maximum absolute atomic E-state index is 12.0. The Bertz CT molecular complexity index is 890. The normalized spacial score (nSPS) is 10.4. The summed E-state index contributed by atoms with van der Waals surface area (Å²) in [6, 6.07) is 10.4. The number of rotatable bonds is 6. The number of nitrogens with one attached hydrogen (secondary N) is 1. The van der Waals surface area contributed by atoms with Gasteiger partial charge in [-0.25, -0.2) is 0 Å². The molecule has 2 aromatic heterocycles. The third kappa shape index (κ3) is 4.35. The van der Waals surface area contributed by atoms with Crippen molar-refractivity contribution in [2.24, 2.45) is 0 Å². The number of ketones is 1. The van der Waals surface area contributed by atoms with Gasteiger partial charge in [-0.3, -0.25) is 14.6 Å². The summed E-state index contributed by atoms with van der Waals surface area (Å²) in [5.41, 5.74) is 1.86. The minimum Gasteiger partial charge on any atom is -0.421 e. The maximum Gasteiger partial charge on any atom is 0.249 e. The fourth-order valence-electron chi connectivity index (χ4n) is 2.22. The number of benzene rings is 1. The molecule has 0 aliphatic heterocycles. The van der Waals surface area contributed by atoms with Gasteiger partial charge in [0.15, 0.2) is 5.78 Å². The molecule has 1 N–H and O–H groups in total. The summed E-state index contributed by atoms with van der Waals surface area (Å²) in [6.45, 7) is 1.48. The van der Waals surface area contributed by atoms with Gasteiger partial charge in [-0.05, 0) is 31.2 Å². The van der Waals surface area contributed by atoms with Crippen molar-refractivity contribution in [2.45, 2.75) is 19.8 Å². The van der Waals surface area contributed by atoms with Gasteiger partial charge in [0.1, 0.15) is 0 Å². The minimum atomic E-state index is -0.193. The van der Waals surface area contributed by atoms with Crippen molar-refractivity contribution >= 4 is 17.4 Å². The fraction of sp³-hybridized carbons (Fsp3) is 0.167. The lowest BCUT2D eigenvalue weighted by Crippen LogP contribution is -2.12. The number of Topliss-reactive ketones (excluding diaryl/α,β-unsaturated/α-hetero) is 1. The zero-order valence-electron chi connectivity index (χ0n) is 13.6. The van der Waals surface area contributed by atoms with E-state index < -0.39 is 0 Å². The molecular weight excluding hydrogens is 320 g/mol. The fourth-order valence-corrected chi connectivity index (χ4v) is 2.22. The number of anilines is 1. The van der Waals surface area contributed by atoms with Crippen molar-refractivity contribution in [2.75, 3.05) is 5.32 Å². The average molecular weight is 336 g/mol. The zero-order valence-corrected chi connectivity index (χ0v) is 13.6. The molecule has 0 radical (unpaired) electrons. The maximum atomic E-state index is 12.0. The molecule has 25 heavy (non-hydrogen) atoms. The molecule has 3 rings (SSSR count). The summed E-state index contributed by atoms with van der Waals surface area (Å²) in [4.78, 5) is 27.4. The van der Waals surface area contributed by atoms with Crippen LogP contribution in [0.5, 0.6) is 0 Å². The summed E-state index contributed by atoms with van der Waals surface area (Å²) in [5, 5.41) is 10.6. The van der Waals surface area contributed by atoms with Crippen LogP contribution in [-0.4, -0.2) is 26.9 Å². The van der Waals surface area contributed by atoms with Crippen molar-refractivity contribution in [3.63, 3.8) is 0 Å². The molecule has 0 saturated heterocycles. The lowest BCUT2D eigenvalue weighted by atomic mass is 10.1. The molecule has 1 aromatic carbocycles. The van der Waals surface area contributed by atoms with Crippen LogP contribution in [0.3, 0.4) is 0 Å². The van der Waals surface area contributed by atoms with Crippen LogP contribution >= 0.6 is 0 Å². The van der Waals surface area contributed by atoms with E-state index in [1.165, 1.54) is 6.92 Å². The van der Waals surface area contributed by atoms with E-state index in [4.69, 9.17) is 4.42 Å². The Morgan fingerprint density at radius 2 is 2.04 bits per heavy atom. The molecule has 0 unspecified atom stereocenters. The number of hydrogen-bond donors (Lipinski definition) is 1. The lowest BCUT2D eigenvalue weighted by molar-refractivity contribution is -0.116. The van der Waals surface area contributed by atoms with E-state index in [0.29, 0.717) is 29.5 Å². The molecule has 2 heterocycles. The Labute approximate surface area is 144 Å². The van der Waals surface area contributed by atoms with E-state index in [1.54, 1.807) is 42.7 Å². The van der Waals surface area contributed by atoms with Crippen molar-refractivity contribution < 1.29 is 14.0 Å². The highest BCUT2D eigenvalue weighted by atomic mass is 16.4. The van der Waals surface area contributed by atoms with E-state index in [0.717, 1.165) is 5.56 Å². The Morgan fingerprint density at radius 1 is 1.16 bits per heavy atom. The van der Waals surface area contributed by atoms with Gasteiger partial charge in [0, 0.05) is 36.5 Å². The summed E-state index contributed by atoms with van der Waals surface area (Å²) < 4.78 is 5.53. The van der Waals surface area contributed by atoms with Crippen molar-refractivity contribution in [3.8, 4) is 11.5 Å². The second-order valence-electron chi connectivity index (χ2n) is 5.43. The van der Waals surface area contributed by atoms with Crippen molar-refractivity contribution in [1.29, 1.82) is 0 Å². The molecule has 3 aromatic rings. The third-order valence-electron chi connectivity index (χ3n) is 3.49. The van der Waals surface area contributed by atoms with Crippen LogP contribution in [0.1, 0.15) is 29.6 Å². The van der Waals surface area contributed by atoms with E-state index in [2.05, 4.69) is 20.5 Å². The molecule has 0 spiro atoms. The van der Waals surface area contributed by atoms with Crippen LogP contribution < -0.4 is 5.32 Å². The highest BCUT2D eigenvalue weighted by Gasteiger charge is 2.11. The Morgan fingerprint density at radius 3 is 2.80 bits per heavy atom. The molecule has 0 fully saturated rings. The first-order chi connectivity index (χ1) is 12.1. The van der Waals surface area contributed by atoms with Gasteiger partial charge < -0.3 is 9.73 Å². The number of hydrogen-bond acceptors (Lipinski definition) is 6. The molecule has 0 atom stereocenters. The number of amides is 1. The second kappa shape index (κ2) is 7.48. The van der Waals surface area contributed by atoms with E-state index in [-0.39, 0.29) is 18.1 Å². The van der Waals surface area contributed by atoms with Crippen LogP contribution in [-0.2, 0) is 11.2 Å². The SMILES string of the molecule is CC(=O)c1cccc(NC(=O)CCc2nnc(-c3cccnc3)o2)c1. The topological polar surface area (TPSA) is 98.0 Å². The second-order valence-corrected chi connectivity index (χ2v) is 5.43. The van der Waals surface area contributed by atoms with Gasteiger partial charge in [0.2, 0.25) is 17.7 Å². The number of carbonyl (C=O) groups is 2. The predicted molar refractivity (Wildman–Crippen MR) is 90.9 cm³/mol. The smallest absolute Gasteiger partial charge is 0.249 e. The molecule has 0 bridgehead atoms. The van der Waals surface area contributed by atoms with Gasteiger partial charge in [-0.15, -0.1) is 10.2 Å². The summed E-state index contributed by atoms with van der Waals surface area (Å²) >= 11 is 0. The highest BCUT2D eigenvalue weighted by Crippen LogP contribution is 2.17. The average Bonchev–Trinajstić information content (AvgIpc) is 3.10. The van der Waals surface area contributed by atoms with E-state index in [9.17, 15) is 9.59 Å². The number of aryl methyl sites for hydroxylation is 1. The molecule has 0 aliphatic rings. The first-order valence-electron chi connectivity index (χ1n) is 7.75. The summed E-state index contributed by atoms with van der Waals surface area (Å²) in [7, 11) is 0. The van der Waals surface area contributed by atoms with Crippen LogP contribution in [0.15, 0.2) is 53.2 Å². The standard InChI is InChI=1S/C18H16N4O3/c1-12(23)13-4-2-6-15(10-13)20-16(24)7-8-17-21-22-18(25-17)14-5-3-9-19-11-14/h2-6,9-11H,7-8H2,1H3,(H,20,24). The quantitative estimate of drug-likeness (QED) is 0.695. The molecular formula is C18H16N4O3. The minimum absolute atomic E-state index is 0.0510. The van der Waals surface area contributed by atoms with Gasteiger partial charge in [0.25, 0.3) is 0 Å². The van der Waals surface area contributed by atoms with Crippen LogP contribution in [0.4, 0.5) is 5.69 Å². The van der Waals surface area contributed by atoms with Crippen molar-refractivity contribution in [3.05, 3.63) is 60.2 Å². The molecule has 7 heteroatoms. The Hall–Kier alpha value is -3.35. The van der Waals surface area contributed by atoms with Crippen LogP contribution in [0.25, 0.3) is 11.5 Å². The Balaban J connectivity index is 1.57. The molecule has 126 valence electrons. The van der Waals surface area contributed by atoms with Gasteiger partial charge in [-0.2, -0.15) is 0 Å². The highest BCUT2D eigenvalue weighted by molar-refractivity contribution is 5.97. The molecule has 1 amide bonds. The number of pyridine rings is 1. The molecule has 0 aliphatic carbocycles. The summed E-state index contributed by atoms with van der Waals surface area (Å²) in [5.74, 6) is 0.510. The van der Waals surface area contributed by atoms with Gasteiger partial charge >= 0.3 is 0 Å². The van der Waals surface area contributed by atoms with Gasteiger partial charge in [-0.1, -0.05) is 12.1 Å². The van der Waals surface area contributed by atoms with Gasteiger partial charge in [0.05, 0.1) is 5.56 Å².